The maximum atomic E-state index is 13.3. The Labute approximate surface area is 252 Å². The Morgan fingerprint density at radius 3 is 2.07 bits per heavy atom. The summed E-state index contributed by atoms with van der Waals surface area (Å²) in [5, 5.41) is 18.7. The summed E-state index contributed by atoms with van der Waals surface area (Å²) in [7, 11) is 6.32. The summed E-state index contributed by atoms with van der Waals surface area (Å²) in [6, 6.07) is 10.7. The Morgan fingerprint density at radius 1 is 0.909 bits per heavy atom. The van der Waals surface area contributed by atoms with E-state index in [1.807, 2.05) is 29.2 Å². The molecule has 1 saturated carbocycles. The third-order valence-electron chi connectivity index (χ3n) is 8.07. The number of nitrogens with zero attached hydrogens (tertiary/aromatic N) is 6. The minimum Gasteiger partial charge on any atom is -0.497 e. The van der Waals surface area contributed by atoms with E-state index in [1.165, 1.54) is 6.33 Å². The van der Waals surface area contributed by atoms with Crippen LogP contribution in [0.4, 0.5) is 19.0 Å². The molecule has 5 rings (SSSR count). The second kappa shape index (κ2) is 13.1. The topological polar surface area (TPSA) is 117 Å². The highest BCUT2D eigenvalue weighted by Gasteiger charge is 2.45. The number of aromatic nitrogens is 5. The zero-order valence-electron chi connectivity index (χ0n) is 24.9. The molecule has 2 aromatic carbocycles. The minimum atomic E-state index is -4.68. The lowest BCUT2D eigenvalue weighted by Gasteiger charge is -2.32. The number of aliphatic hydroxyl groups excluding tert-OH is 1. The number of ether oxygens (including phenoxy) is 4. The summed E-state index contributed by atoms with van der Waals surface area (Å²) >= 11 is 0. The van der Waals surface area contributed by atoms with E-state index < -0.39 is 24.2 Å². The van der Waals surface area contributed by atoms with Crippen LogP contribution in [0.25, 0.3) is 11.2 Å². The molecular formula is C30H35F3N6O5. The predicted molar refractivity (Wildman–Crippen MR) is 155 cm³/mol. The second-order valence-corrected chi connectivity index (χ2v) is 10.7. The van der Waals surface area contributed by atoms with E-state index in [9.17, 15) is 18.3 Å². The highest BCUT2D eigenvalue weighted by Crippen LogP contribution is 2.40. The fraction of sp³-hybridized carbons (Fsp3) is 0.467. The number of fused-ring (bicyclic) bond motifs is 1. The van der Waals surface area contributed by atoms with Crippen LogP contribution in [0.15, 0.2) is 42.7 Å². The van der Waals surface area contributed by atoms with Crippen molar-refractivity contribution in [3.8, 4) is 23.0 Å². The molecule has 0 spiro atoms. The van der Waals surface area contributed by atoms with Gasteiger partial charge in [0, 0.05) is 36.3 Å². The molecule has 0 bridgehead atoms. The highest BCUT2D eigenvalue weighted by atomic mass is 19.4. The van der Waals surface area contributed by atoms with E-state index in [-0.39, 0.29) is 12.8 Å². The van der Waals surface area contributed by atoms with E-state index in [1.54, 1.807) is 45.3 Å². The van der Waals surface area contributed by atoms with Gasteiger partial charge in [0.1, 0.15) is 29.3 Å². The normalized spacial score (nSPS) is 17.7. The first kappa shape index (κ1) is 31.1. The Hall–Kier alpha value is -4.33. The summed E-state index contributed by atoms with van der Waals surface area (Å²) in [5.41, 5.74) is 2.48. The smallest absolute Gasteiger partial charge is 0.414 e. The van der Waals surface area contributed by atoms with Gasteiger partial charge < -0.3 is 29.0 Å². The average Bonchev–Trinajstić information content (AvgIpc) is 3.48. The quantitative estimate of drug-likeness (QED) is 0.244. The van der Waals surface area contributed by atoms with Crippen LogP contribution in [0.2, 0.25) is 0 Å². The zero-order chi connectivity index (χ0) is 31.4. The van der Waals surface area contributed by atoms with Gasteiger partial charge in [-0.1, -0.05) is 11.6 Å². The van der Waals surface area contributed by atoms with E-state index in [0.29, 0.717) is 65.9 Å². The Kier molecular flexibility index (Phi) is 9.28. The molecule has 3 unspecified atom stereocenters. The summed E-state index contributed by atoms with van der Waals surface area (Å²) < 4.78 is 63.5. The van der Waals surface area contributed by atoms with Crippen LogP contribution in [0.5, 0.6) is 23.0 Å². The first-order valence-electron chi connectivity index (χ1n) is 14.1. The van der Waals surface area contributed by atoms with Crippen LogP contribution < -0.4 is 23.8 Å². The molecule has 2 heterocycles. The molecule has 3 atom stereocenters. The molecule has 0 amide bonds. The number of alkyl halides is 3. The van der Waals surface area contributed by atoms with E-state index in [4.69, 9.17) is 18.9 Å². The molecule has 236 valence electrons. The van der Waals surface area contributed by atoms with E-state index >= 15 is 0 Å². The first-order valence-corrected chi connectivity index (χ1v) is 14.1. The Balaban J connectivity index is 1.54. The van der Waals surface area contributed by atoms with Gasteiger partial charge in [-0.25, -0.2) is 14.6 Å². The van der Waals surface area contributed by atoms with E-state index in [2.05, 4.69) is 20.3 Å². The van der Waals surface area contributed by atoms with Crippen LogP contribution in [-0.4, -0.2) is 70.8 Å². The third kappa shape index (κ3) is 6.44. The molecule has 1 aliphatic rings. The van der Waals surface area contributed by atoms with Gasteiger partial charge >= 0.3 is 6.18 Å². The van der Waals surface area contributed by atoms with Crippen molar-refractivity contribution in [2.45, 2.75) is 57.1 Å². The molecule has 2 aromatic heterocycles. The molecule has 0 radical (unpaired) electrons. The molecule has 1 aliphatic carbocycles. The monoisotopic (exact) mass is 616 g/mol. The van der Waals surface area contributed by atoms with Gasteiger partial charge in [0.15, 0.2) is 23.1 Å². The molecule has 1 N–H and O–H groups in total. The van der Waals surface area contributed by atoms with Gasteiger partial charge in [-0.2, -0.15) is 13.2 Å². The van der Waals surface area contributed by atoms with E-state index in [0.717, 1.165) is 11.1 Å². The van der Waals surface area contributed by atoms with Crippen LogP contribution in [-0.2, 0) is 13.1 Å². The molecule has 1 fully saturated rings. The van der Waals surface area contributed by atoms with Crippen molar-refractivity contribution in [3.63, 3.8) is 0 Å². The van der Waals surface area contributed by atoms with Gasteiger partial charge in [0.2, 0.25) is 0 Å². The van der Waals surface area contributed by atoms with Gasteiger partial charge in [-0.15, -0.1) is 5.10 Å². The fourth-order valence-electron chi connectivity index (χ4n) is 5.79. The summed E-state index contributed by atoms with van der Waals surface area (Å²) in [6.07, 6.45) is -4.18. The Morgan fingerprint density at radius 2 is 1.52 bits per heavy atom. The fourth-order valence-corrected chi connectivity index (χ4v) is 5.79. The standard InChI is InChI=1S/C30H35F3N6O5/c1-41-22-10-8-19(24(13-22)43-3)15-38(16-20-9-11-23(42-2)14-25(20)44-4)28-26-29(35-17-34-28)39(37-36-26)21-7-5-6-18(12-21)27(40)30(31,32)33/h8-11,13-14,17-18,21,27,40H,5-7,12,15-16H2,1-4H3. The Bertz CT molecular complexity index is 1530. The van der Waals surface area contributed by atoms with Crippen LogP contribution in [0, 0.1) is 5.92 Å². The number of rotatable bonds is 11. The lowest BCUT2D eigenvalue weighted by atomic mass is 9.82. The van der Waals surface area contributed by atoms with Crippen molar-refractivity contribution in [1.82, 2.24) is 25.0 Å². The number of methoxy groups -OCH3 is 4. The van der Waals surface area contributed by atoms with Gasteiger partial charge in [0.25, 0.3) is 0 Å². The van der Waals surface area contributed by atoms with Crippen molar-refractivity contribution < 1.29 is 37.2 Å². The van der Waals surface area contributed by atoms with Crippen LogP contribution in [0.3, 0.4) is 0 Å². The van der Waals surface area contributed by atoms with Gasteiger partial charge in [-0.05, 0) is 49.4 Å². The summed E-state index contributed by atoms with van der Waals surface area (Å²) in [6.45, 7) is 0.676. The number of anilines is 1. The largest absolute Gasteiger partial charge is 0.497 e. The summed E-state index contributed by atoms with van der Waals surface area (Å²) in [5.74, 6) is 2.05. The lowest BCUT2D eigenvalue weighted by Crippen LogP contribution is -2.38. The number of hydrogen-bond acceptors (Lipinski definition) is 10. The van der Waals surface area contributed by atoms with Crippen molar-refractivity contribution in [1.29, 1.82) is 0 Å². The number of aliphatic hydroxyl groups is 1. The number of hydrogen-bond donors (Lipinski definition) is 1. The summed E-state index contributed by atoms with van der Waals surface area (Å²) in [4.78, 5) is 11.0. The van der Waals surface area contributed by atoms with Crippen molar-refractivity contribution in [2.75, 3.05) is 33.3 Å². The highest BCUT2D eigenvalue weighted by molar-refractivity contribution is 5.82. The molecule has 0 aliphatic heterocycles. The van der Waals surface area contributed by atoms with Gasteiger partial charge in [0.05, 0.1) is 34.5 Å². The predicted octanol–water partition coefficient (Wildman–Crippen LogP) is 5.12. The molecule has 0 saturated heterocycles. The number of halogens is 3. The maximum absolute atomic E-state index is 13.3. The van der Waals surface area contributed by atoms with Crippen LogP contribution >= 0.6 is 0 Å². The molecular weight excluding hydrogens is 581 g/mol. The molecule has 14 heteroatoms. The van der Waals surface area contributed by atoms with Crippen molar-refractivity contribution in [3.05, 3.63) is 53.9 Å². The van der Waals surface area contributed by atoms with Gasteiger partial charge in [-0.3, -0.25) is 0 Å². The second-order valence-electron chi connectivity index (χ2n) is 10.7. The molecule has 44 heavy (non-hydrogen) atoms. The average molecular weight is 617 g/mol. The number of benzene rings is 2. The van der Waals surface area contributed by atoms with Crippen LogP contribution in [0.1, 0.15) is 42.9 Å². The maximum Gasteiger partial charge on any atom is 0.414 e. The zero-order valence-corrected chi connectivity index (χ0v) is 24.9. The molecule has 4 aromatic rings. The third-order valence-corrected chi connectivity index (χ3v) is 8.07. The minimum absolute atomic E-state index is 0.105. The van der Waals surface area contributed by atoms with Crippen molar-refractivity contribution >= 4 is 17.0 Å². The SMILES string of the molecule is COc1ccc(CN(Cc2ccc(OC)cc2OC)c2ncnc3c2nnn3C2CCCC(C(O)C(F)(F)F)C2)c(OC)c1. The molecule has 11 nitrogen and oxygen atoms in total. The first-order chi connectivity index (χ1) is 21.2. The lowest BCUT2D eigenvalue weighted by molar-refractivity contribution is -0.223. The van der Waals surface area contributed by atoms with Crippen molar-refractivity contribution in [2.24, 2.45) is 5.92 Å².